The van der Waals surface area contributed by atoms with Gasteiger partial charge in [0.1, 0.15) is 0 Å². The molecule has 104 valence electrons. The third-order valence-electron chi connectivity index (χ3n) is 2.82. The van der Waals surface area contributed by atoms with Gasteiger partial charge in [-0.3, -0.25) is 10.1 Å². The lowest BCUT2D eigenvalue weighted by atomic mass is 10.2. The fourth-order valence-electron chi connectivity index (χ4n) is 1.77. The Labute approximate surface area is 123 Å². The van der Waals surface area contributed by atoms with Gasteiger partial charge in [0, 0.05) is 22.8 Å². The van der Waals surface area contributed by atoms with Gasteiger partial charge in [-0.2, -0.15) is 4.39 Å². The summed E-state index contributed by atoms with van der Waals surface area (Å²) in [5, 5.41) is 13.7. The smallest absolute Gasteiger partial charge is 0.304 e. The van der Waals surface area contributed by atoms with E-state index in [1.54, 1.807) is 0 Å². The summed E-state index contributed by atoms with van der Waals surface area (Å²) >= 11 is 3.44. The first-order valence-corrected chi connectivity index (χ1v) is 6.69. The molecule has 0 fully saturated rings. The van der Waals surface area contributed by atoms with Gasteiger partial charge < -0.3 is 5.32 Å². The molecular weight excluding hydrogens is 327 g/mol. The van der Waals surface area contributed by atoms with Gasteiger partial charge >= 0.3 is 5.69 Å². The number of hydrogen-bond acceptors (Lipinski definition) is 3. The monoisotopic (exact) mass is 338 g/mol. The molecule has 0 heterocycles. The third-order valence-corrected chi connectivity index (χ3v) is 3.47. The molecule has 1 N–H and O–H groups in total. The lowest BCUT2D eigenvalue weighted by molar-refractivity contribution is -0.387. The molecule has 0 radical (unpaired) electrons. The summed E-state index contributed by atoms with van der Waals surface area (Å²) in [4.78, 5) is 9.80. The summed E-state index contributed by atoms with van der Waals surface area (Å²) in [5.74, 6) is -0.822. The summed E-state index contributed by atoms with van der Waals surface area (Å²) in [5.41, 5.74) is 2.14. The van der Waals surface area contributed by atoms with Crippen molar-refractivity contribution >= 4 is 27.3 Å². The molecule has 0 saturated heterocycles. The third kappa shape index (κ3) is 3.33. The molecule has 0 unspecified atom stereocenters. The van der Waals surface area contributed by atoms with Crippen molar-refractivity contribution in [1.29, 1.82) is 0 Å². The maximum absolute atomic E-state index is 13.5. The van der Waals surface area contributed by atoms with E-state index in [0.717, 1.165) is 15.7 Å². The van der Waals surface area contributed by atoms with Crippen molar-refractivity contribution < 1.29 is 9.31 Å². The average Bonchev–Trinajstić information content (AvgIpc) is 2.37. The zero-order valence-corrected chi connectivity index (χ0v) is 12.3. The van der Waals surface area contributed by atoms with Crippen molar-refractivity contribution in [3.05, 3.63) is 67.9 Å². The van der Waals surface area contributed by atoms with Crippen molar-refractivity contribution in [2.24, 2.45) is 0 Å². The van der Waals surface area contributed by atoms with Gasteiger partial charge in [0.2, 0.25) is 5.82 Å². The fourth-order valence-corrected chi connectivity index (χ4v) is 2.40. The Balaban J connectivity index is 2.11. The molecule has 4 nitrogen and oxygen atoms in total. The zero-order chi connectivity index (χ0) is 14.7. The summed E-state index contributed by atoms with van der Waals surface area (Å²) < 4.78 is 14.4. The van der Waals surface area contributed by atoms with Crippen molar-refractivity contribution in [1.82, 2.24) is 0 Å². The summed E-state index contributed by atoms with van der Waals surface area (Å²) in [6, 6.07) is 9.74. The predicted molar refractivity (Wildman–Crippen MR) is 79.3 cm³/mol. The van der Waals surface area contributed by atoms with Crippen LogP contribution in [0.5, 0.6) is 0 Å². The summed E-state index contributed by atoms with van der Waals surface area (Å²) in [7, 11) is 0. The number of nitrogens with zero attached hydrogens (tertiary/aromatic N) is 1. The van der Waals surface area contributed by atoms with Crippen LogP contribution in [0.3, 0.4) is 0 Å². The van der Waals surface area contributed by atoms with Crippen LogP contribution in [-0.4, -0.2) is 4.92 Å². The van der Waals surface area contributed by atoms with Crippen LogP contribution in [0, 0.1) is 22.9 Å². The number of aryl methyl sites for hydroxylation is 1. The first-order chi connectivity index (χ1) is 9.47. The number of nitro benzene ring substituents is 1. The lowest BCUT2D eigenvalue weighted by Crippen LogP contribution is -2.01. The molecule has 0 aromatic heterocycles. The first-order valence-electron chi connectivity index (χ1n) is 5.90. The molecule has 0 aliphatic rings. The van der Waals surface area contributed by atoms with Crippen molar-refractivity contribution in [3.8, 4) is 0 Å². The van der Waals surface area contributed by atoms with Crippen molar-refractivity contribution in [2.75, 3.05) is 5.32 Å². The minimum Gasteiger partial charge on any atom is -0.380 e. The Morgan fingerprint density at radius 3 is 2.65 bits per heavy atom. The molecule has 0 spiro atoms. The van der Waals surface area contributed by atoms with Gasteiger partial charge in [-0.15, -0.1) is 0 Å². The lowest BCUT2D eigenvalue weighted by Gasteiger charge is -2.09. The Morgan fingerprint density at radius 1 is 1.30 bits per heavy atom. The topological polar surface area (TPSA) is 55.2 Å². The first kappa shape index (κ1) is 14.5. The SMILES string of the molecule is Cc1ccc(NCc2ccc([N+](=O)[O-])c(F)c2)c(Br)c1. The van der Waals surface area contributed by atoms with Crippen LogP contribution in [0.4, 0.5) is 15.8 Å². The minimum absolute atomic E-state index is 0.385. The van der Waals surface area contributed by atoms with E-state index in [4.69, 9.17) is 0 Å². The van der Waals surface area contributed by atoms with Crippen LogP contribution in [-0.2, 0) is 6.54 Å². The molecule has 2 rings (SSSR count). The van der Waals surface area contributed by atoms with Crippen LogP contribution in [0.2, 0.25) is 0 Å². The normalized spacial score (nSPS) is 10.3. The second-order valence-corrected chi connectivity index (χ2v) is 5.23. The molecule has 0 atom stereocenters. The van der Waals surface area contributed by atoms with Gasteiger partial charge in [-0.1, -0.05) is 12.1 Å². The summed E-state index contributed by atoms with van der Waals surface area (Å²) in [6.07, 6.45) is 0. The van der Waals surface area contributed by atoms with Gasteiger partial charge in [0.15, 0.2) is 0 Å². The van der Waals surface area contributed by atoms with E-state index in [-0.39, 0.29) is 0 Å². The highest BCUT2D eigenvalue weighted by Gasteiger charge is 2.13. The highest BCUT2D eigenvalue weighted by Crippen LogP contribution is 2.24. The van der Waals surface area contributed by atoms with Crippen molar-refractivity contribution in [3.63, 3.8) is 0 Å². The van der Waals surface area contributed by atoms with Crippen LogP contribution in [0.1, 0.15) is 11.1 Å². The number of hydrogen-bond donors (Lipinski definition) is 1. The number of nitrogens with one attached hydrogen (secondary N) is 1. The Bertz CT molecular complexity index is 662. The maximum atomic E-state index is 13.5. The standard InChI is InChI=1S/C14H12BrFN2O2/c1-9-2-4-13(11(15)6-9)17-8-10-3-5-14(18(19)20)12(16)7-10/h2-7,17H,8H2,1H3. The van der Waals surface area contributed by atoms with E-state index in [9.17, 15) is 14.5 Å². The van der Waals surface area contributed by atoms with Gasteiger partial charge in [0.25, 0.3) is 0 Å². The molecule has 2 aromatic carbocycles. The van der Waals surface area contributed by atoms with Gasteiger partial charge in [-0.05, 0) is 52.2 Å². The van der Waals surface area contributed by atoms with Crippen LogP contribution in [0.15, 0.2) is 40.9 Å². The number of benzene rings is 2. The van der Waals surface area contributed by atoms with Crippen molar-refractivity contribution in [2.45, 2.75) is 13.5 Å². The van der Waals surface area contributed by atoms with Gasteiger partial charge in [-0.25, -0.2) is 0 Å². The van der Waals surface area contributed by atoms with E-state index in [1.165, 1.54) is 18.2 Å². The molecular formula is C14H12BrFN2O2. The van der Waals surface area contributed by atoms with E-state index in [0.29, 0.717) is 12.1 Å². The second-order valence-electron chi connectivity index (χ2n) is 4.38. The Morgan fingerprint density at radius 2 is 2.05 bits per heavy atom. The fraction of sp³-hybridized carbons (Fsp3) is 0.143. The second kappa shape index (κ2) is 6.00. The molecule has 0 aliphatic carbocycles. The van der Waals surface area contributed by atoms with Crippen LogP contribution >= 0.6 is 15.9 Å². The molecule has 0 bridgehead atoms. The van der Waals surface area contributed by atoms with Crippen LogP contribution < -0.4 is 5.32 Å². The predicted octanol–water partition coefficient (Wildman–Crippen LogP) is 4.42. The van der Waals surface area contributed by atoms with E-state index in [1.807, 2.05) is 25.1 Å². The molecule has 0 amide bonds. The molecule has 0 saturated carbocycles. The van der Waals surface area contributed by atoms with E-state index >= 15 is 0 Å². The maximum Gasteiger partial charge on any atom is 0.304 e. The summed E-state index contributed by atoms with van der Waals surface area (Å²) in [6.45, 7) is 2.37. The largest absolute Gasteiger partial charge is 0.380 e. The minimum atomic E-state index is -0.822. The van der Waals surface area contributed by atoms with Gasteiger partial charge in [0.05, 0.1) is 4.92 Å². The number of rotatable bonds is 4. The van der Waals surface area contributed by atoms with Crippen LogP contribution in [0.25, 0.3) is 0 Å². The molecule has 20 heavy (non-hydrogen) atoms. The zero-order valence-electron chi connectivity index (χ0n) is 10.7. The molecule has 6 heteroatoms. The quantitative estimate of drug-likeness (QED) is 0.663. The average molecular weight is 339 g/mol. The molecule has 2 aromatic rings. The molecule has 0 aliphatic heterocycles. The Kier molecular flexibility index (Phi) is 4.34. The Hall–Kier alpha value is -1.95. The highest BCUT2D eigenvalue weighted by molar-refractivity contribution is 9.10. The van der Waals surface area contributed by atoms with E-state index < -0.39 is 16.4 Å². The highest BCUT2D eigenvalue weighted by atomic mass is 79.9. The van der Waals surface area contributed by atoms with E-state index in [2.05, 4.69) is 21.2 Å². The number of halogens is 2. The number of nitro groups is 1. The number of anilines is 1.